The molecule has 72 valence electrons. The maximum atomic E-state index is 11.1. The van der Waals surface area contributed by atoms with Gasteiger partial charge in [0.25, 0.3) is 0 Å². The van der Waals surface area contributed by atoms with E-state index in [-0.39, 0.29) is 6.10 Å². The van der Waals surface area contributed by atoms with Crippen molar-refractivity contribution in [3.8, 4) is 0 Å². The molecule has 0 aromatic rings. The molecule has 1 N–H and O–H groups in total. The quantitative estimate of drug-likeness (QED) is 0.639. The van der Waals surface area contributed by atoms with E-state index in [1.54, 1.807) is 6.92 Å². The molecule has 0 saturated carbocycles. The Labute approximate surface area is 75.0 Å². The van der Waals surface area contributed by atoms with Crippen LogP contribution in [0.1, 0.15) is 52.4 Å². The monoisotopic (exact) mass is 172 g/mol. The molecule has 1 atom stereocenters. The Kier molecular flexibility index (Phi) is 7.06. The molecule has 0 aromatic carbocycles. The fourth-order valence-electron chi connectivity index (χ4n) is 1.09. The predicted octanol–water partition coefficient (Wildman–Crippen LogP) is 2.30. The molecule has 0 aromatic heterocycles. The SMILES string of the molecule is CCCCC(=O)CCCC(C)O. The van der Waals surface area contributed by atoms with Gasteiger partial charge in [-0.25, -0.2) is 0 Å². The average Bonchev–Trinajstić information content (AvgIpc) is 2.00. The number of Topliss-reactive ketones (excluding diaryl/α,β-unsaturated/α-hetero) is 1. The van der Waals surface area contributed by atoms with Gasteiger partial charge in [-0.1, -0.05) is 13.3 Å². The number of hydrogen-bond acceptors (Lipinski definition) is 2. The Morgan fingerprint density at radius 2 is 1.92 bits per heavy atom. The maximum absolute atomic E-state index is 11.1. The molecule has 2 heteroatoms. The molecule has 0 bridgehead atoms. The van der Waals surface area contributed by atoms with E-state index in [1.165, 1.54) is 0 Å². The lowest BCUT2D eigenvalue weighted by atomic mass is 10.1. The number of ketones is 1. The van der Waals surface area contributed by atoms with Gasteiger partial charge in [0.2, 0.25) is 0 Å². The number of aliphatic hydroxyl groups excluding tert-OH is 1. The Morgan fingerprint density at radius 1 is 1.33 bits per heavy atom. The minimum atomic E-state index is -0.260. The third-order valence-corrected chi connectivity index (χ3v) is 1.89. The van der Waals surface area contributed by atoms with Gasteiger partial charge in [0, 0.05) is 12.8 Å². The van der Waals surface area contributed by atoms with Gasteiger partial charge < -0.3 is 5.11 Å². The van der Waals surface area contributed by atoms with E-state index < -0.39 is 0 Å². The highest BCUT2D eigenvalue weighted by Gasteiger charge is 2.02. The number of hydrogen-bond donors (Lipinski definition) is 1. The van der Waals surface area contributed by atoms with Crippen LogP contribution in [-0.2, 0) is 4.79 Å². The fourth-order valence-corrected chi connectivity index (χ4v) is 1.09. The van der Waals surface area contributed by atoms with Crippen LogP contribution in [0.5, 0.6) is 0 Å². The van der Waals surface area contributed by atoms with Crippen molar-refractivity contribution >= 4 is 5.78 Å². The first kappa shape index (κ1) is 11.6. The molecule has 0 aliphatic heterocycles. The van der Waals surface area contributed by atoms with Crippen LogP contribution in [0, 0.1) is 0 Å². The van der Waals surface area contributed by atoms with Crippen molar-refractivity contribution in [2.75, 3.05) is 0 Å². The Bertz CT molecular complexity index is 119. The van der Waals surface area contributed by atoms with Crippen LogP contribution in [0.3, 0.4) is 0 Å². The number of carbonyl (C=O) groups excluding carboxylic acids is 1. The molecule has 0 spiro atoms. The summed E-state index contributed by atoms with van der Waals surface area (Å²) < 4.78 is 0. The van der Waals surface area contributed by atoms with Gasteiger partial charge in [-0.05, 0) is 26.2 Å². The summed E-state index contributed by atoms with van der Waals surface area (Å²) in [5.74, 6) is 0.345. The van der Waals surface area contributed by atoms with E-state index in [2.05, 4.69) is 6.92 Å². The van der Waals surface area contributed by atoms with Crippen molar-refractivity contribution in [3.05, 3.63) is 0 Å². The average molecular weight is 172 g/mol. The topological polar surface area (TPSA) is 37.3 Å². The molecular weight excluding hydrogens is 152 g/mol. The van der Waals surface area contributed by atoms with Gasteiger partial charge in [0.05, 0.1) is 6.10 Å². The van der Waals surface area contributed by atoms with E-state index in [0.717, 1.165) is 32.1 Å². The first-order valence-electron chi connectivity index (χ1n) is 4.86. The van der Waals surface area contributed by atoms with Crippen molar-refractivity contribution < 1.29 is 9.90 Å². The highest BCUT2D eigenvalue weighted by molar-refractivity contribution is 5.78. The lowest BCUT2D eigenvalue weighted by Gasteiger charge is -2.02. The summed E-state index contributed by atoms with van der Waals surface area (Å²) in [4.78, 5) is 11.1. The lowest BCUT2D eigenvalue weighted by Crippen LogP contribution is -2.02. The summed E-state index contributed by atoms with van der Waals surface area (Å²) in [7, 11) is 0. The molecule has 0 heterocycles. The molecule has 0 saturated heterocycles. The van der Waals surface area contributed by atoms with Gasteiger partial charge in [-0.3, -0.25) is 4.79 Å². The largest absolute Gasteiger partial charge is 0.393 e. The number of rotatable bonds is 7. The molecule has 12 heavy (non-hydrogen) atoms. The molecule has 0 aliphatic rings. The van der Waals surface area contributed by atoms with Crippen LogP contribution < -0.4 is 0 Å². The molecule has 0 fully saturated rings. The van der Waals surface area contributed by atoms with Gasteiger partial charge in [0.1, 0.15) is 5.78 Å². The van der Waals surface area contributed by atoms with Crippen LogP contribution in [0.25, 0.3) is 0 Å². The van der Waals surface area contributed by atoms with Crippen molar-refractivity contribution in [1.82, 2.24) is 0 Å². The fraction of sp³-hybridized carbons (Fsp3) is 0.900. The molecule has 2 nitrogen and oxygen atoms in total. The zero-order valence-electron chi connectivity index (χ0n) is 8.18. The van der Waals surface area contributed by atoms with E-state index in [0.29, 0.717) is 12.2 Å². The maximum Gasteiger partial charge on any atom is 0.132 e. The molecular formula is C10H20O2. The molecule has 0 amide bonds. The Hall–Kier alpha value is -0.370. The third-order valence-electron chi connectivity index (χ3n) is 1.89. The standard InChI is InChI=1S/C10H20O2/c1-3-4-7-10(12)8-5-6-9(2)11/h9,11H,3-8H2,1-2H3. The third kappa shape index (κ3) is 7.73. The summed E-state index contributed by atoms with van der Waals surface area (Å²) in [6, 6.07) is 0. The summed E-state index contributed by atoms with van der Waals surface area (Å²) in [6.45, 7) is 3.85. The van der Waals surface area contributed by atoms with E-state index >= 15 is 0 Å². The lowest BCUT2D eigenvalue weighted by molar-refractivity contribution is -0.119. The number of unbranched alkanes of at least 4 members (excludes halogenated alkanes) is 1. The predicted molar refractivity (Wildman–Crippen MR) is 50.1 cm³/mol. The number of aliphatic hydroxyl groups is 1. The molecule has 0 aliphatic carbocycles. The van der Waals surface area contributed by atoms with Crippen molar-refractivity contribution in [2.45, 2.75) is 58.5 Å². The zero-order chi connectivity index (χ0) is 9.40. The van der Waals surface area contributed by atoms with Crippen LogP contribution in [0.15, 0.2) is 0 Å². The summed E-state index contributed by atoms with van der Waals surface area (Å²) in [6.07, 6.45) is 4.78. The van der Waals surface area contributed by atoms with Gasteiger partial charge in [-0.2, -0.15) is 0 Å². The number of carbonyl (C=O) groups is 1. The zero-order valence-corrected chi connectivity index (χ0v) is 8.18. The first-order valence-corrected chi connectivity index (χ1v) is 4.86. The normalized spacial score (nSPS) is 12.9. The molecule has 1 unspecified atom stereocenters. The van der Waals surface area contributed by atoms with Gasteiger partial charge in [-0.15, -0.1) is 0 Å². The van der Waals surface area contributed by atoms with E-state index in [9.17, 15) is 4.79 Å². The second-order valence-electron chi connectivity index (χ2n) is 3.38. The van der Waals surface area contributed by atoms with Crippen LogP contribution in [-0.4, -0.2) is 17.0 Å². The first-order chi connectivity index (χ1) is 5.66. The Balaban J connectivity index is 3.20. The van der Waals surface area contributed by atoms with Crippen molar-refractivity contribution in [2.24, 2.45) is 0 Å². The second kappa shape index (κ2) is 7.29. The van der Waals surface area contributed by atoms with Crippen LogP contribution in [0.2, 0.25) is 0 Å². The van der Waals surface area contributed by atoms with Crippen LogP contribution >= 0.6 is 0 Å². The van der Waals surface area contributed by atoms with E-state index in [1.807, 2.05) is 0 Å². The van der Waals surface area contributed by atoms with E-state index in [4.69, 9.17) is 5.11 Å². The molecule has 0 rings (SSSR count). The molecule has 0 radical (unpaired) electrons. The summed E-state index contributed by atoms with van der Waals surface area (Å²) in [5, 5.41) is 8.93. The smallest absolute Gasteiger partial charge is 0.132 e. The second-order valence-corrected chi connectivity index (χ2v) is 3.38. The van der Waals surface area contributed by atoms with Crippen molar-refractivity contribution in [1.29, 1.82) is 0 Å². The highest BCUT2D eigenvalue weighted by atomic mass is 16.3. The highest BCUT2D eigenvalue weighted by Crippen LogP contribution is 2.05. The minimum Gasteiger partial charge on any atom is -0.393 e. The van der Waals surface area contributed by atoms with Gasteiger partial charge >= 0.3 is 0 Å². The van der Waals surface area contributed by atoms with Gasteiger partial charge in [0.15, 0.2) is 0 Å². The summed E-state index contributed by atoms with van der Waals surface area (Å²) >= 11 is 0. The van der Waals surface area contributed by atoms with Crippen molar-refractivity contribution in [3.63, 3.8) is 0 Å². The minimum absolute atomic E-state index is 0.260. The summed E-state index contributed by atoms with van der Waals surface area (Å²) in [5.41, 5.74) is 0. The Morgan fingerprint density at radius 3 is 2.42 bits per heavy atom. The van der Waals surface area contributed by atoms with Crippen LogP contribution in [0.4, 0.5) is 0 Å².